The lowest BCUT2D eigenvalue weighted by atomic mass is 10.0. The molecule has 1 saturated heterocycles. The standard InChI is InChI=1S/C39H47N5O9/c1-4-14-31(35(46)37(48)40-24-33(45)42-34(38(49)43(2)3)28-17-10-6-11-18-28)41-36(47)32-23-30(52-22-21-51-29-19-12-7-13-20-29)25-44(32)39(50)53-26-27-15-8-5-9-16-27/h5-13,15-20,30-32,34H,4,14,21-26H2,1-3H3,(H,40,48)(H,41,47)(H,42,45)/t30-,31?,32+,34?/m1/s1. The van der Waals surface area contributed by atoms with Crippen molar-refractivity contribution in [2.75, 3.05) is 40.4 Å². The number of carbonyl (C=O) groups excluding carboxylic acids is 6. The lowest BCUT2D eigenvalue weighted by molar-refractivity contribution is -0.141. The Bertz CT molecular complexity index is 1670. The number of ether oxygens (including phenoxy) is 3. The summed E-state index contributed by atoms with van der Waals surface area (Å²) in [6.07, 6.45) is -0.582. The van der Waals surface area contributed by atoms with E-state index in [0.717, 1.165) is 5.56 Å². The Kier molecular flexibility index (Phi) is 15.3. The summed E-state index contributed by atoms with van der Waals surface area (Å²) in [5.41, 5.74) is 1.31. The number of likely N-dealkylation sites (tertiary alicyclic amines) is 1. The van der Waals surface area contributed by atoms with Crippen molar-refractivity contribution < 1.29 is 43.0 Å². The maximum absolute atomic E-state index is 13.7. The number of carbonyl (C=O) groups is 6. The van der Waals surface area contributed by atoms with Gasteiger partial charge < -0.3 is 35.1 Å². The van der Waals surface area contributed by atoms with Crippen molar-refractivity contribution >= 4 is 35.5 Å². The normalized spacial score (nSPS) is 16.1. The van der Waals surface area contributed by atoms with Crippen LogP contribution in [0.2, 0.25) is 0 Å². The zero-order valence-corrected chi connectivity index (χ0v) is 30.2. The summed E-state index contributed by atoms with van der Waals surface area (Å²) in [7, 11) is 3.11. The van der Waals surface area contributed by atoms with E-state index in [0.29, 0.717) is 17.7 Å². The van der Waals surface area contributed by atoms with Gasteiger partial charge in [-0.2, -0.15) is 0 Å². The third-order valence-electron chi connectivity index (χ3n) is 8.42. The largest absolute Gasteiger partial charge is 0.491 e. The molecule has 0 radical (unpaired) electrons. The zero-order valence-electron chi connectivity index (χ0n) is 30.2. The molecule has 14 heteroatoms. The highest BCUT2D eigenvalue weighted by Gasteiger charge is 2.42. The first-order chi connectivity index (χ1) is 25.6. The van der Waals surface area contributed by atoms with Crippen molar-refractivity contribution in [1.29, 1.82) is 0 Å². The van der Waals surface area contributed by atoms with Crippen molar-refractivity contribution in [3.05, 3.63) is 102 Å². The predicted octanol–water partition coefficient (Wildman–Crippen LogP) is 2.78. The molecule has 3 aromatic carbocycles. The number of likely N-dealkylation sites (N-methyl/N-ethyl adjacent to an activating group) is 1. The Balaban J connectivity index is 1.37. The van der Waals surface area contributed by atoms with Crippen molar-refractivity contribution in [3.63, 3.8) is 0 Å². The molecule has 1 fully saturated rings. The zero-order chi connectivity index (χ0) is 38.2. The van der Waals surface area contributed by atoms with Gasteiger partial charge in [-0.05, 0) is 29.7 Å². The lowest BCUT2D eigenvalue weighted by Crippen LogP contribution is -2.54. The van der Waals surface area contributed by atoms with Gasteiger partial charge >= 0.3 is 6.09 Å². The molecule has 3 aromatic rings. The molecule has 14 nitrogen and oxygen atoms in total. The number of benzene rings is 3. The Morgan fingerprint density at radius 1 is 0.849 bits per heavy atom. The highest BCUT2D eigenvalue weighted by molar-refractivity contribution is 6.38. The lowest BCUT2D eigenvalue weighted by Gasteiger charge is -2.25. The first-order valence-corrected chi connectivity index (χ1v) is 17.5. The van der Waals surface area contributed by atoms with Crippen LogP contribution >= 0.6 is 0 Å². The second-order valence-corrected chi connectivity index (χ2v) is 12.6. The van der Waals surface area contributed by atoms with Crippen LogP contribution in [0.25, 0.3) is 0 Å². The van der Waals surface area contributed by atoms with E-state index in [1.165, 1.54) is 9.80 Å². The molecule has 4 atom stereocenters. The highest BCUT2D eigenvalue weighted by atomic mass is 16.6. The van der Waals surface area contributed by atoms with E-state index in [9.17, 15) is 28.8 Å². The van der Waals surface area contributed by atoms with Gasteiger partial charge in [0.1, 0.15) is 31.0 Å². The number of rotatable bonds is 18. The van der Waals surface area contributed by atoms with E-state index in [-0.39, 0.29) is 45.1 Å². The van der Waals surface area contributed by atoms with Gasteiger partial charge in [0.15, 0.2) is 0 Å². The molecule has 4 rings (SSSR count). The minimum absolute atomic E-state index is 0.0129. The first kappa shape index (κ1) is 40.0. The van der Waals surface area contributed by atoms with E-state index in [1.54, 1.807) is 63.5 Å². The van der Waals surface area contributed by atoms with Gasteiger partial charge in [0, 0.05) is 20.5 Å². The molecule has 1 aliphatic heterocycles. The average molecular weight is 730 g/mol. The van der Waals surface area contributed by atoms with Gasteiger partial charge in [-0.1, -0.05) is 92.2 Å². The quantitative estimate of drug-likeness (QED) is 0.132. The first-order valence-electron chi connectivity index (χ1n) is 17.5. The number of amides is 5. The Labute approximate surface area is 309 Å². The predicted molar refractivity (Wildman–Crippen MR) is 194 cm³/mol. The Morgan fingerprint density at radius 3 is 2.13 bits per heavy atom. The van der Waals surface area contributed by atoms with Crippen LogP contribution in [0.5, 0.6) is 5.75 Å². The van der Waals surface area contributed by atoms with Crippen LogP contribution in [0.3, 0.4) is 0 Å². The molecule has 0 bridgehead atoms. The van der Waals surface area contributed by atoms with Crippen molar-refractivity contribution in [2.24, 2.45) is 0 Å². The summed E-state index contributed by atoms with van der Waals surface area (Å²) in [4.78, 5) is 81.5. The van der Waals surface area contributed by atoms with E-state index in [2.05, 4.69) is 16.0 Å². The van der Waals surface area contributed by atoms with Gasteiger partial charge in [0.25, 0.3) is 5.91 Å². The molecule has 2 unspecified atom stereocenters. The molecular weight excluding hydrogens is 682 g/mol. The van der Waals surface area contributed by atoms with Gasteiger partial charge in [0.05, 0.1) is 31.8 Å². The number of ketones is 1. The number of Topliss-reactive ketones (excluding diaryl/α,β-unsaturated/α-hetero) is 1. The van der Waals surface area contributed by atoms with E-state index < -0.39 is 60.4 Å². The molecule has 1 heterocycles. The topological polar surface area (TPSA) is 173 Å². The van der Waals surface area contributed by atoms with Crippen LogP contribution in [-0.4, -0.2) is 104 Å². The average Bonchev–Trinajstić information content (AvgIpc) is 3.61. The summed E-state index contributed by atoms with van der Waals surface area (Å²) >= 11 is 0. The van der Waals surface area contributed by atoms with E-state index in [1.807, 2.05) is 48.5 Å². The smallest absolute Gasteiger partial charge is 0.410 e. The molecule has 53 heavy (non-hydrogen) atoms. The maximum Gasteiger partial charge on any atom is 0.410 e. The number of hydrogen-bond acceptors (Lipinski definition) is 9. The van der Waals surface area contributed by atoms with Crippen LogP contribution in [0.4, 0.5) is 4.79 Å². The van der Waals surface area contributed by atoms with Crippen molar-refractivity contribution in [1.82, 2.24) is 25.8 Å². The molecule has 3 N–H and O–H groups in total. The number of nitrogens with one attached hydrogen (secondary N) is 3. The molecule has 0 aliphatic carbocycles. The Morgan fingerprint density at radius 2 is 1.49 bits per heavy atom. The van der Waals surface area contributed by atoms with Crippen molar-refractivity contribution in [2.45, 2.75) is 57.0 Å². The fourth-order valence-corrected chi connectivity index (χ4v) is 5.70. The number of nitrogens with zero attached hydrogens (tertiary/aromatic N) is 2. The van der Waals surface area contributed by atoms with Crippen molar-refractivity contribution in [3.8, 4) is 5.75 Å². The number of para-hydroxylation sites is 1. The van der Waals surface area contributed by atoms with Crippen LogP contribution in [0.15, 0.2) is 91.0 Å². The van der Waals surface area contributed by atoms with Crippen LogP contribution < -0.4 is 20.7 Å². The van der Waals surface area contributed by atoms with Gasteiger partial charge in [-0.15, -0.1) is 0 Å². The maximum atomic E-state index is 13.7. The highest BCUT2D eigenvalue weighted by Crippen LogP contribution is 2.23. The van der Waals surface area contributed by atoms with E-state index >= 15 is 0 Å². The second-order valence-electron chi connectivity index (χ2n) is 12.6. The minimum Gasteiger partial charge on any atom is -0.491 e. The van der Waals surface area contributed by atoms with E-state index in [4.69, 9.17) is 14.2 Å². The summed E-state index contributed by atoms with van der Waals surface area (Å²) in [6.45, 7) is 1.68. The van der Waals surface area contributed by atoms with Crippen LogP contribution in [-0.2, 0) is 40.1 Å². The minimum atomic E-state index is -1.23. The summed E-state index contributed by atoms with van der Waals surface area (Å²) in [6, 6.07) is 23.6. The van der Waals surface area contributed by atoms with Crippen LogP contribution in [0, 0.1) is 0 Å². The fraction of sp³-hybridized carbons (Fsp3) is 0.385. The summed E-state index contributed by atoms with van der Waals surface area (Å²) in [5, 5.41) is 7.55. The Hall–Kier alpha value is -5.76. The molecular formula is C39H47N5O9. The molecule has 5 amide bonds. The van der Waals surface area contributed by atoms with Gasteiger partial charge in [-0.25, -0.2) is 4.79 Å². The monoisotopic (exact) mass is 729 g/mol. The fourth-order valence-electron chi connectivity index (χ4n) is 5.70. The summed E-state index contributed by atoms with van der Waals surface area (Å²) in [5.74, 6) is -3.09. The molecule has 0 aromatic heterocycles. The molecule has 282 valence electrons. The second kappa shape index (κ2) is 20.3. The van der Waals surface area contributed by atoms with Gasteiger partial charge in [0.2, 0.25) is 23.5 Å². The molecule has 1 aliphatic rings. The SMILES string of the molecule is CCCC(NC(=O)[C@@H]1C[C@@H](OCCOc2ccccc2)CN1C(=O)OCc1ccccc1)C(=O)C(=O)NCC(=O)NC(C(=O)N(C)C)c1ccccc1. The van der Waals surface area contributed by atoms with Gasteiger partial charge in [-0.3, -0.25) is 28.9 Å². The molecule has 0 saturated carbocycles. The number of hydrogen-bond donors (Lipinski definition) is 3. The molecule has 0 spiro atoms. The van der Waals surface area contributed by atoms with Crippen LogP contribution in [0.1, 0.15) is 43.4 Å². The third kappa shape index (κ3) is 12.2. The summed E-state index contributed by atoms with van der Waals surface area (Å²) < 4.78 is 17.2. The third-order valence-corrected chi connectivity index (χ3v) is 8.42.